The first-order chi connectivity index (χ1) is 8.95. The Morgan fingerprint density at radius 1 is 1.37 bits per heavy atom. The first kappa shape index (κ1) is 13.9. The first-order valence-corrected chi connectivity index (χ1v) is 6.91. The maximum Gasteiger partial charge on any atom is 0.131 e. The van der Waals surface area contributed by atoms with Gasteiger partial charge in [0.05, 0.1) is 7.11 Å². The zero-order valence-electron chi connectivity index (χ0n) is 11.6. The van der Waals surface area contributed by atoms with Crippen LogP contribution < -0.4 is 10.5 Å². The van der Waals surface area contributed by atoms with E-state index in [0.717, 1.165) is 27.3 Å². The molecule has 19 heavy (non-hydrogen) atoms. The molecule has 1 heterocycles. The quantitative estimate of drug-likeness (QED) is 0.939. The minimum absolute atomic E-state index is 0.324. The number of nitrogen functional groups attached to an aromatic ring is 1. The second-order valence-electron chi connectivity index (χ2n) is 4.76. The van der Waals surface area contributed by atoms with E-state index in [2.05, 4.69) is 34.8 Å². The fourth-order valence-electron chi connectivity index (χ4n) is 2.06. The SMILES string of the molecule is COc1ccc(Br)c(-c2nc(C(C)C)n(C)c2N)c1. The molecule has 0 fully saturated rings. The van der Waals surface area contributed by atoms with Gasteiger partial charge < -0.3 is 15.0 Å². The molecule has 0 aliphatic heterocycles. The van der Waals surface area contributed by atoms with E-state index in [9.17, 15) is 0 Å². The Bertz CT molecular complexity index is 605. The normalized spacial score (nSPS) is 11.1. The summed E-state index contributed by atoms with van der Waals surface area (Å²) in [7, 11) is 3.59. The molecule has 0 saturated carbocycles. The van der Waals surface area contributed by atoms with Crippen LogP contribution in [0.1, 0.15) is 25.6 Å². The Balaban J connectivity index is 2.62. The number of benzene rings is 1. The van der Waals surface area contributed by atoms with Crippen molar-refractivity contribution in [2.24, 2.45) is 7.05 Å². The summed E-state index contributed by atoms with van der Waals surface area (Å²) < 4.78 is 8.15. The summed E-state index contributed by atoms with van der Waals surface area (Å²) in [5.41, 5.74) is 7.91. The number of nitrogens with zero attached hydrogens (tertiary/aromatic N) is 2. The highest BCUT2D eigenvalue weighted by Gasteiger charge is 2.18. The van der Waals surface area contributed by atoms with Crippen molar-refractivity contribution in [1.29, 1.82) is 0 Å². The molecular formula is C14H18BrN3O. The van der Waals surface area contributed by atoms with E-state index < -0.39 is 0 Å². The Labute approximate surface area is 121 Å². The molecule has 0 unspecified atom stereocenters. The Morgan fingerprint density at radius 3 is 2.58 bits per heavy atom. The molecule has 2 aromatic rings. The van der Waals surface area contributed by atoms with E-state index in [-0.39, 0.29) is 0 Å². The van der Waals surface area contributed by atoms with Crippen LogP contribution in [0.5, 0.6) is 5.75 Å². The summed E-state index contributed by atoms with van der Waals surface area (Å²) in [6.45, 7) is 4.21. The summed E-state index contributed by atoms with van der Waals surface area (Å²) in [5.74, 6) is 2.75. The lowest BCUT2D eigenvalue weighted by Crippen LogP contribution is -2.02. The number of hydrogen-bond acceptors (Lipinski definition) is 3. The molecule has 0 aliphatic carbocycles. The van der Waals surface area contributed by atoms with E-state index in [1.165, 1.54) is 0 Å². The van der Waals surface area contributed by atoms with E-state index in [0.29, 0.717) is 11.7 Å². The lowest BCUT2D eigenvalue weighted by atomic mass is 10.1. The molecule has 0 spiro atoms. The number of nitrogens with two attached hydrogens (primary N) is 1. The van der Waals surface area contributed by atoms with Gasteiger partial charge in [0.2, 0.25) is 0 Å². The van der Waals surface area contributed by atoms with Gasteiger partial charge in [-0.15, -0.1) is 0 Å². The largest absolute Gasteiger partial charge is 0.497 e. The maximum atomic E-state index is 6.17. The molecule has 102 valence electrons. The first-order valence-electron chi connectivity index (χ1n) is 6.11. The third-order valence-electron chi connectivity index (χ3n) is 3.12. The molecule has 5 heteroatoms. The summed E-state index contributed by atoms with van der Waals surface area (Å²) >= 11 is 3.54. The van der Waals surface area contributed by atoms with Crippen LogP contribution in [-0.4, -0.2) is 16.7 Å². The molecule has 4 nitrogen and oxygen atoms in total. The van der Waals surface area contributed by atoms with Crippen LogP contribution in [0.2, 0.25) is 0 Å². The highest BCUT2D eigenvalue weighted by atomic mass is 79.9. The maximum absolute atomic E-state index is 6.17. The second-order valence-corrected chi connectivity index (χ2v) is 5.62. The number of hydrogen-bond donors (Lipinski definition) is 1. The molecule has 0 saturated heterocycles. The average molecular weight is 324 g/mol. The molecule has 0 atom stereocenters. The molecular weight excluding hydrogens is 306 g/mol. The van der Waals surface area contributed by atoms with E-state index in [1.54, 1.807) is 7.11 Å². The fourth-order valence-corrected chi connectivity index (χ4v) is 2.49. The summed E-state index contributed by atoms with van der Waals surface area (Å²) in [5, 5.41) is 0. The predicted octanol–water partition coefficient (Wildman–Crippen LogP) is 3.56. The third kappa shape index (κ3) is 2.47. The number of anilines is 1. The highest BCUT2D eigenvalue weighted by molar-refractivity contribution is 9.10. The Morgan fingerprint density at radius 2 is 2.05 bits per heavy atom. The number of rotatable bonds is 3. The monoisotopic (exact) mass is 323 g/mol. The van der Waals surface area contributed by atoms with Crippen molar-refractivity contribution in [3.05, 3.63) is 28.5 Å². The number of methoxy groups -OCH3 is 1. The van der Waals surface area contributed by atoms with Crippen molar-refractivity contribution in [2.45, 2.75) is 19.8 Å². The van der Waals surface area contributed by atoms with E-state index in [4.69, 9.17) is 10.5 Å². The van der Waals surface area contributed by atoms with Crippen LogP contribution in [0.15, 0.2) is 22.7 Å². The Hall–Kier alpha value is -1.49. The smallest absolute Gasteiger partial charge is 0.131 e. The molecule has 0 amide bonds. The zero-order chi connectivity index (χ0) is 14.2. The van der Waals surface area contributed by atoms with Gasteiger partial charge in [0.1, 0.15) is 23.1 Å². The van der Waals surface area contributed by atoms with Crippen molar-refractivity contribution in [2.75, 3.05) is 12.8 Å². The van der Waals surface area contributed by atoms with Crippen molar-refractivity contribution in [3.63, 3.8) is 0 Å². The van der Waals surface area contributed by atoms with Gasteiger partial charge in [-0.05, 0) is 18.2 Å². The fraction of sp³-hybridized carbons (Fsp3) is 0.357. The summed E-state index contributed by atoms with van der Waals surface area (Å²) in [4.78, 5) is 4.67. The zero-order valence-corrected chi connectivity index (χ0v) is 13.2. The number of imidazole rings is 1. The molecule has 0 radical (unpaired) electrons. The molecule has 2 rings (SSSR count). The highest BCUT2D eigenvalue weighted by Crippen LogP contribution is 2.35. The van der Waals surface area contributed by atoms with Crippen LogP contribution >= 0.6 is 15.9 Å². The predicted molar refractivity (Wildman–Crippen MR) is 81.4 cm³/mol. The number of aromatic nitrogens is 2. The molecule has 2 N–H and O–H groups in total. The van der Waals surface area contributed by atoms with Gasteiger partial charge in [0.15, 0.2) is 0 Å². The average Bonchev–Trinajstić information content (AvgIpc) is 2.67. The van der Waals surface area contributed by atoms with Crippen molar-refractivity contribution in [3.8, 4) is 17.0 Å². The molecule has 0 bridgehead atoms. The van der Waals surface area contributed by atoms with Crippen molar-refractivity contribution < 1.29 is 4.74 Å². The third-order valence-corrected chi connectivity index (χ3v) is 3.81. The Kier molecular flexibility index (Phi) is 3.85. The minimum atomic E-state index is 0.324. The van der Waals surface area contributed by atoms with Crippen molar-refractivity contribution >= 4 is 21.7 Å². The number of halogens is 1. The van der Waals surface area contributed by atoms with Crippen LogP contribution in [0.3, 0.4) is 0 Å². The van der Waals surface area contributed by atoms with Crippen molar-refractivity contribution in [1.82, 2.24) is 9.55 Å². The minimum Gasteiger partial charge on any atom is -0.497 e. The van der Waals surface area contributed by atoms with Crippen LogP contribution in [0.4, 0.5) is 5.82 Å². The molecule has 1 aromatic carbocycles. The van der Waals surface area contributed by atoms with Crippen LogP contribution in [0.25, 0.3) is 11.3 Å². The van der Waals surface area contributed by atoms with Crippen LogP contribution in [0, 0.1) is 0 Å². The topological polar surface area (TPSA) is 53.1 Å². The van der Waals surface area contributed by atoms with Gasteiger partial charge in [-0.3, -0.25) is 0 Å². The molecule has 0 aliphatic rings. The van der Waals surface area contributed by atoms with Gasteiger partial charge >= 0.3 is 0 Å². The van der Waals surface area contributed by atoms with Gasteiger partial charge in [-0.25, -0.2) is 4.98 Å². The molecule has 1 aromatic heterocycles. The number of ether oxygens (including phenoxy) is 1. The summed E-state index contributed by atoms with van der Waals surface area (Å²) in [6.07, 6.45) is 0. The van der Waals surface area contributed by atoms with Gasteiger partial charge in [0.25, 0.3) is 0 Å². The lowest BCUT2D eigenvalue weighted by molar-refractivity contribution is 0.415. The second kappa shape index (κ2) is 5.25. The van der Waals surface area contributed by atoms with E-state index >= 15 is 0 Å². The van der Waals surface area contributed by atoms with Gasteiger partial charge in [-0.2, -0.15) is 0 Å². The van der Waals surface area contributed by atoms with Crippen LogP contribution in [-0.2, 0) is 7.05 Å². The van der Waals surface area contributed by atoms with Gasteiger partial charge in [-0.1, -0.05) is 29.8 Å². The lowest BCUT2D eigenvalue weighted by Gasteiger charge is -2.06. The van der Waals surface area contributed by atoms with E-state index in [1.807, 2.05) is 29.8 Å². The standard InChI is InChI=1S/C14H18BrN3O/c1-8(2)14-17-12(13(16)18(14)3)10-7-9(19-4)5-6-11(10)15/h5-8H,16H2,1-4H3. The van der Waals surface area contributed by atoms with Gasteiger partial charge in [0, 0.05) is 23.0 Å². The summed E-state index contributed by atoms with van der Waals surface area (Å²) in [6, 6.07) is 5.78.